The van der Waals surface area contributed by atoms with Crippen LogP contribution in [-0.4, -0.2) is 33.7 Å². The van der Waals surface area contributed by atoms with Gasteiger partial charge in [0.2, 0.25) is 0 Å². The number of nitrogens with zero attached hydrogens (tertiary/aromatic N) is 4. The molecule has 3 heterocycles. The summed E-state index contributed by atoms with van der Waals surface area (Å²) in [6.07, 6.45) is 3.26. The molecule has 0 spiro atoms. The molecule has 6 nitrogen and oxygen atoms in total. The molecule has 3 atom stereocenters. The van der Waals surface area contributed by atoms with Crippen LogP contribution in [0.25, 0.3) is 0 Å². The molecule has 0 aliphatic carbocycles. The fraction of sp³-hybridized carbons (Fsp3) is 0.370. The zero-order chi connectivity index (χ0) is 23.0. The van der Waals surface area contributed by atoms with E-state index in [1.807, 2.05) is 46.0 Å². The number of piperidine rings is 1. The Bertz CT molecular complexity index is 1180. The molecule has 2 aromatic carbocycles. The van der Waals surface area contributed by atoms with E-state index < -0.39 is 0 Å². The van der Waals surface area contributed by atoms with Crippen LogP contribution in [-0.2, 0) is 5.54 Å². The number of nitriles is 1. The summed E-state index contributed by atoms with van der Waals surface area (Å²) >= 11 is 0. The van der Waals surface area contributed by atoms with Gasteiger partial charge in [0.05, 0.1) is 29.8 Å². The number of hydrogen-bond donors (Lipinski definition) is 1. The van der Waals surface area contributed by atoms with Crippen molar-refractivity contribution in [1.82, 2.24) is 14.7 Å². The van der Waals surface area contributed by atoms with E-state index in [1.54, 1.807) is 6.20 Å². The molecule has 2 aliphatic heterocycles. The molecule has 1 N–H and O–H groups in total. The van der Waals surface area contributed by atoms with Gasteiger partial charge in [-0.2, -0.15) is 10.4 Å². The number of nitrogens with one attached hydrogen (secondary N) is 1. The summed E-state index contributed by atoms with van der Waals surface area (Å²) in [4.78, 5) is 15.6. The number of hydrogen-bond acceptors (Lipinski definition) is 4. The van der Waals surface area contributed by atoms with Gasteiger partial charge in [0, 0.05) is 19.0 Å². The summed E-state index contributed by atoms with van der Waals surface area (Å²) in [5, 5.41) is 17.9. The number of anilines is 1. The molecule has 0 bridgehead atoms. The fourth-order valence-electron chi connectivity index (χ4n) is 5.29. The first-order valence-electron chi connectivity index (χ1n) is 11.6. The van der Waals surface area contributed by atoms with Crippen LogP contribution in [0.4, 0.5) is 5.82 Å². The van der Waals surface area contributed by atoms with Crippen LogP contribution in [0.1, 0.15) is 60.1 Å². The normalized spacial score (nSPS) is 23.8. The fourth-order valence-corrected chi connectivity index (χ4v) is 5.29. The molecule has 3 aromatic rings. The van der Waals surface area contributed by atoms with Crippen molar-refractivity contribution >= 4 is 11.7 Å². The van der Waals surface area contributed by atoms with Crippen molar-refractivity contribution in [2.24, 2.45) is 5.92 Å². The Labute approximate surface area is 194 Å². The van der Waals surface area contributed by atoms with Gasteiger partial charge in [-0.3, -0.25) is 4.79 Å². The minimum Gasteiger partial charge on any atom is -0.363 e. The quantitative estimate of drug-likeness (QED) is 0.627. The van der Waals surface area contributed by atoms with Crippen LogP contribution < -0.4 is 5.32 Å². The van der Waals surface area contributed by atoms with Crippen LogP contribution in [0.3, 0.4) is 0 Å². The maximum absolute atomic E-state index is 13.7. The molecule has 1 aromatic heterocycles. The first kappa shape index (κ1) is 21.3. The van der Waals surface area contributed by atoms with Crippen LogP contribution in [0.5, 0.6) is 0 Å². The highest BCUT2D eigenvalue weighted by atomic mass is 16.2. The van der Waals surface area contributed by atoms with Crippen molar-refractivity contribution in [3.8, 4) is 6.07 Å². The number of benzene rings is 2. The van der Waals surface area contributed by atoms with E-state index in [-0.39, 0.29) is 29.3 Å². The number of carbonyl (C=O) groups is 1. The first-order chi connectivity index (χ1) is 16.0. The third-order valence-electron chi connectivity index (χ3n) is 7.08. The Morgan fingerprint density at radius 3 is 2.42 bits per heavy atom. The first-order valence-corrected chi connectivity index (χ1v) is 11.6. The highest BCUT2D eigenvalue weighted by Gasteiger charge is 2.39. The summed E-state index contributed by atoms with van der Waals surface area (Å²) in [5.41, 5.74) is 2.70. The number of amides is 1. The van der Waals surface area contributed by atoms with Crippen molar-refractivity contribution in [1.29, 1.82) is 5.26 Å². The van der Waals surface area contributed by atoms with E-state index in [2.05, 4.69) is 54.6 Å². The lowest BCUT2D eigenvalue weighted by Crippen LogP contribution is -2.43. The second-order valence-corrected chi connectivity index (χ2v) is 9.74. The molecule has 3 unspecified atom stereocenters. The molecule has 1 amide bonds. The number of rotatable bonds is 3. The van der Waals surface area contributed by atoms with Gasteiger partial charge in [0.1, 0.15) is 11.4 Å². The van der Waals surface area contributed by atoms with E-state index >= 15 is 0 Å². The maximum Gasteiger partial charge on any atom is 0.259 e. The molecule has 168 valence electrons. The average Bonchev–Trinajstić information content (AvgIpc) is 3.29. The van der Waals surface area contributed by atoms with Crippen molar-refractivity contribution in [2.45, 2.75) is 44.2 Å². The number of aromatic nitrogens is 2. The van der Waals surface area contributed by atoms with Gasteiger partial charge in [-0.25, -0.2) is 4.68 Å². The number of carbonyl (C=O) groups excluding carboxylic acids is 1. The highest BCUT2D eigenvalue weighted by molar-refractivity contribution is 5.99. The molecule has 0 saturated carbocycles. The lowest BCUT2D eigenvalue weighted by molar-refractivity contribution is 0.0684. The van der Waals surface area contributed by atoms with E-state index in [4.69, 9.17) is 0 Å². The topological polar surface area (TPSA) is 74.0 Å². The molecule has 33 heavy (non-hydrogen) atoms. The molecule has 5 rings (SSSR count). The summed E-state index contributed by atoms with van der Waals surface area (Å²) in [6.45, 7) is 5.45. The minimum atomic E-state index is -0.222. The second-order valence-electron chi connectivity index (χ2n) is 9.74. The van der Waals surface area contributed by atoms with Gasteiger partial charge < -0.3 is 10.2 Å². The molecule has 1 fully saturated rings. The average molecular weight is 440 g/mol. The molecule has 0 radical (unpaired) electrons. The Morgan fingerprint density at radius 1 is 1.09 bits per heavy atom. The predicted octanol–water partition coefficient (Wildman–Crippen LogP) is 4.94. The monoisotopic (exact) mass is 439 g/mol. The van der Waals surface area contributed by atoms with Crippen LogP contribution in [0, 0.1) is 17.2 Å². The van der Waals surface area contributed by atoms with E-state index in [9.17, 15) is 10.1 Å². The molecule has 1 saturated heterocycles. The van der Waals surface area contributed by atoms with Gasteiger partial charge in [-0.15, -0.1) is 0 Å². The summed E-state index contributed by atoms with van der Waals surface area (Å²) < 4.78 is 1.95. The van der Waals surface area contributed by atoms with Crippen LogP contribution >= 0.6 is 0 Å². The number of likely N-dealkylation sites (tertiary alicyclic amines) is 1. The van der Waals surface area contributed by atoms with Gasteiger partial charge in [-0.1, -0.05) is 60.7 Å². The van der Waals surface area contributed by atoms with Gasteiger partial charge in [0.25, 0.3) is 5.91 Å². The number of fused-ring (bicyclic) bond motifs is 1. The van der Waals surface area contributed by atoms with Gasteiger partial charge in [0.15, 0.2) is 0 Å². The third kappa shape index (κ3) is 3.89. The zero-order valence-electron chi connectivity index (χ0n) is 19.1. The molecule has 6 heteroatoms. The molecule has 2 aliphatic rings. The van der Waals surface area contributed by atoms with E-state index in [0.29, 0.717) is 25.1 Å². The lowest BCUT2D eigenvalue weighted by atomic mass is 9.81. The summed E-state index contributed by atoms with van der Waals surface area (Å²) in [7, 11) is 0. The Morgan fingerprint density at radius 2 is 1.76 bits per heavy atom. The lowest BCUT2D eigenvalue weighted by Gasteiger charge is -2.39. The maximum atomic E-state index is 13.7. The van der Waals surface area contributed by atoms with E-state index in [1.165, 1.54) is 5.56 Å². The van der Waals surface area contributed by atoms with Gasteiger partial charge in [-0.05, 0) is 37.8 Å². The third-order valence-corrected chi connectivity index (χ3v) is 7.08. The van der Waals surface area contributed by atoms with Crippen molar-refractivity contribution in [2.75, 3.05) is 18.4 Å². The molecular formula is C27H29N5O. The Hall–Kier alpha value is -3.59. The van der Waals surface area contributed by atoms with Crippen molar-refractivity contribution < 1.29 is 4.79 Å². The van der Waals surface area contributed by atoms with Crippen molar-refractivity contribution in [3.63, 3.8) is 0 Å². The standard InChI is InChI=1S/C27H29N5O/c1-27(2)15-24(20-11-7-4-8-12-20)30-25-22(17-29-32(25)27)26(33)31-14-13-21(16-28)23(18-31)19-9-5-3-6-10-19/h3-12,17,21,23-24,30H,13-15,18H2,1-2H3. The Kier molecular flexibility index (Phi) is 5.41. The zero-order valence-corrected chi connectivity index (χ0v) is 19.1. The SMILES string of the molecule is CC1(C)CC(c2ccccc2)Nc2c(C(=O)N3CCC(C#N)C(c4ccccc4)C3)cnn21. The highest BCUT2D eigenvalue weighted by Crippen LogP contribution is 2.41. The van der Waals surface area contributed by atoms with Crippen molar-refractivity contribution in [3.05, 3.63) is 83.6 Å². The Balaban J connectivity index is 1.44. The second kappa shape index (κ2) is 8.40. The smallest absolute Gasteiger partial charge is 0.259 e. The largest absolute Gasteiger partial charge is 0.363 e. The van der Waals surface area contributed by atoms with Crippen LogP contribution in [0.15, 0.2) is 66.9 Å². The van der Waals surface area contributed by atoms with Gasteiger partial charge >= 0.3 is 0 Å². The molecular weight excluding hydrogens is 410 g/mol. The minimum absolute atomic E-state index is 0.0155. The predicted molar refractivity (Wildman–Crippen MR) is 128 cm³/mol. The van der Waals surface area contributed by atoms with E-state index in [0.717, 1.165) is 17.8 Å². The van der Waals surface area contributed by atoms with Crippen LogP contribution in [0.2, 0.25) is 0 Å². The summed E-state index contributed by atoms with van der Waals surface area (Å²) in [6, 6.07) is 23.0. The summed E-state index contributed by atoms with van der Waals surface area (Å²) in [5.74, 6) is 0.688.